The Morgan fingerprint density at radius 3 is 0.883 bits per heavy atom. The maximum absolute atomic E-state index is 2.67. The van der Waals surface area contributed by atoms with E-state index in [0.717, 1.165) is 39.8 Å². The van der Waals surface area contributed by atoms with E-state index in [0.29, 0.717) is 0 Å². The molecule has 0 saturated heterocycles. The lowest BCUT2D eigenvalue weighted by Crippen LogP contribution is -2.61. The summed E-state index contributed by atoms with van der Waals surface area (Å²) in [5.74, 6) is 0. The average molecular weight is 1310 g/mol. The highest BCUT2D eigenvalue weighted by atomic mass is 15.2. The SMILES string of the molecule is c1ccc(N(c2cc3c4c(c2)N(c2ccccc2)c2c(ccc5c2-c2ccccc2C5(c2ccccc2)c2ccccc2)B4c2ccc4c(c2N3c2ccccc2)-c2ccccc2C4(c2ccccc2)c2ccccc2)c2cccc3c2-c2ccccc2C3(c2ccccc2)c2ccccc2)cc1. The van der Waals surface area contributed by atoms with E-state index in [1.807, 2.05) is 0 Å². The fourth-order valence-electron chi connectivity index (χ4n) is 19.5. The van der Waals surface area contributed by atoms with Crippen LogP contribution in [-0.4, -0.2) is 6.71 Å². The third-order valence-corrected chi connectivity index (χ3v) is 23.2. The Morgan fingerprint density at radius 2 is 0.524 bits per heavy atom. The van der Waals surface area contributed by atoms with Crippen molar-refractivity contribution >= 4 is 74.3 Å². The second-order valence-electron chi connectivity index (χ2n) is 28.0. The van der Waals surface area contributed by atoms with E-state index in [1.54, 1.807) is 0 Å². The van der Waals surface area contributed by atoms with Crippen LogP contribution in [0.2, 0.25) is 0 Å². The minimum absolute atomic E-state index is 0.263. The highest BCUT2D eigenvalue weighted by Gasteiger charge is 2.55. The predicted molar refractivity (Wildman–Crippen MR) is 427 cm³/mol. The standard InChI is InChI=1S/C99H66BN3/c1-10-35-67(36-11-1)97(68-37-12-2-13-38-68)80-56-31-28-53-77(80)91-83(97)59-34-60-88(91)101(73-47-22-7-23-48-73)76-65-89-94-90(66-76)103(75-51-26-9-27-52-75)96-87(64-62-85-93(96)79-55-30-33-58-82(79)99(85,71-43-18-5-19-44-71)72-45-20-6-21-46-72)100(94)86-63-61-84-92(95(86)102(89)74-49-24-8-25-50-74)78-54-29-32-57-81(78)98(84,69-39-14-3-15-40-69)70-41-16-4-17-42-70/h1-66H. The second-order valence-corrected chi connectivity index (χ2v) is 28.0. The second kappa shape index (κ2) is 23.0. The van der Waals surface area contributed by atoms with Crippen LogP contribution in [0.15, 0.2) is 400 Å². The zero-order valence-corrected chi connectivity index (χ0v) is 56.5. The Kier molecular flexibility index (Phi) is 13.2. The van der Waals surface area contributed by atoms with Crippen molar-refractivity contribution in [2.24, 2.45) is 0 Å². The van der Waals surface area contributed by atoms with Crippen molar-refractivity contribution in [3.63, 3.8) is 0 Å². The van der Waals surface area contributed by atoms with Gasteiger partial charge in [0, 0.05) is 56.5 Å². The third kappa shape index (κ3) is 8.12. The molecule has 0 radical (unpaired) electrons. The summed E-state index contributed by atoms with van der Waals surface area (Å²) in [5, 5.41) is 0. The van der Waals surface area contributed by atoms with Crippen LogP contribution in [-0.2, 0) is 16.2 Å². The van der Waals surface area contributed by atoms with Gasteiger partial charge in [-0.1, -0.05) is 346 Å². The molecule has 0 unspecified atom stereocenters. The molecule has 2 heterocycles. The molecular formula is C99H66BN3. The highest BCUT2D eigenvalue weighted by molar-refractivity contribution is 7.00. The molecule has 0 aromatic heterocycles. The van der Waals surface area contributed by atoms with Crippen LogP contribution < -0.4 is 31.1 Å². The number of anilines is 9. The molecule has 16 aromatic rings. The summed E-state index contributed by atoms with van der Waals surface area (Å²) in [6.45, 7) is -0.263. The van der Waals surface area contributed by atoms with Gasteiger partial charge in [0.15, 0.2) is 0 Å². The van der Waals surface area contributed by atoms with Crippen LogP contribution in [0.25, 0.3) is 33.4 Å². The summed E-state index contributed by atoms with van der Waals surface area (Å²) in [7, 11) is 0. The van der Waals surface area contributed by atoms with Crippen molar-refractivity contribution < 1.29 is 0 Å². The molecule has 16 aromatic carbocycles. The molecule has 3 nitrogen and oxygen atoms in total. The molecule has 0 fully saturated rings. The molecule has 0 N–H and O–H groups in total. The molecule has 0 atom stereocenters. The lowest BCUT2D eigenvalue weighted by atomic mass is 9.33. The molecule has 0 amide bonds. The fraction of sp³-hybridized carbons (Fsp3) is 0.0303. The van der Waals surface area contributed by atoms with E-state index in [1.165, 1.54) is 128 Å². The van der Waals surface area contributed by atoms with Gasteiger partial charge in [0.1, 0.15) is 0 Å². The first-order valence-electron chi connectivity index (χ1n) is 36.0. The van der Waals surface area contributed by atoms with Gasteiger partial charge in [-0.3, -0.25) is 0 Å². The van der Waals surface area contributed by atoms with Gasteiger partial charge in [-0.2, -0.15) is 0 Å². The number of benzene rings is 16. The van der Waals surface area contributed by atoms with Crippen LogP contribution in [0.5, 0.6) is 0 Å². The smallest absolute Gasteiger partial charge is 0.252 e. The van der Waals surface area contributed by atoms with Crippen LogP contribution in [0, 0.1) is 0 Å². The predicted octanol–water partition coefficient (Wildman–Crippen LogP) is 22.3. The largest absolute Gasteiger partial charge is 0.311 e. The first-order valence-corrected chi connectivity index (χ1v) is 36.0. The monoisotopic (exact) mass is 1310 g/mol. The molecule has 0 saturated carbocycles. The maximum Gasteiger partial charge on any atom is 0.252 e. The van der Waals surface area contributed by atoms with Gasteiger partial charge in [0.25, 0.3) is 6.71 Å². The molecule has 0 bridgehead atoms. The molecule has 0 spiro atoms. The summed E-state index contributed by atoms with van der Waals surface area (Å²) in [4.78, 5) is 7.93. The van der Waals surface area contributed by atoms with Crippen molar-refractivity contribution in [1.82, 2.24) is 0 Å². The summed E-state index contributed by atoms with van der Waals surface area (Å²) >= 11 is 0. The summed E-state index contributed by atoms with van der Waals surface area (Å²) in [5.41, 5.74) is 34.0. The minimum atomic E-state index is -0.667. The number of fused-ring (bicyclic) bond motifs is 15. The van der Waals surface area contributed by atoms with Crippen molar-refractivity contribution in [2.45, 2.75) is 16.2 Å². The summed E-state index contributed by atoms with van der Waals surface area (Å²) < 4.78 is 0. The van der Waals surface area contributed by atoms with Crippen molar-refractivity contribution in [3.8, 4) is 33.4 Å². The summed E-state index contributed by atoms with van der Waals surface area (Å²) in [6.07, 6.45) is 0. The number of hydrogen-bond acceptors (Lipinski definition) is 3. The molecule has 5 aliphatic rings. The van der Waals surface area contributed by atoms with Gasteiger partial charge < -0.3 is 14.7 Å². The quantitative estimate of drug-likeness (QED) is 0.120. The molecule has 3 aliphatic carbocycles. The Morgan fingerprint density at radius 1 is 0.233 bits per heavy atom. The van der Waals surface area contributed by atoms with Gasteiger partial charge in [0.05, 0.1) is 27.6 Å². The van der Waals surface area contributed by atoms with E-state index in [9.17, 15) is 0 Å². The Bertz CT molecular complexity index is 5620. The van der Waals surface area contributed by atoms with E-state index in [2.05, 4.69) is 415 Å². The van der Waals surface area contributed by atoms with Crippen LogP contribution >= 0.6 is 0 Å². The van der Waals surface area contributed by atoms with Gasteiger partial charge in [-0.05, 0) is 154 Å². The van der Waals surface area contributed by atoms with E-state index < -0.39 is 16.2 Å². The number of hydrogen-bond donors (Lipinski definition) is 0. The number of para-hydroxylation sites is 3. The highest BCUT2D eigenvalue weighted by Crippen LogP contribution is 2.65. The molecule has 480 valence electrons. The zero-order valence-electron chi connectivity index (χ0n) is 56.5. The van der Waals surface area contributed by atoms with E-state index in [4.69, 9.17) is 0 Å². The van der Waals surface area contributed by atoms with Gasteiger partial charge in [0.2, 0.25) is 0 Å². The van der Waals surface area contributed by atoms with E-state index in [-0.39, 0.29) is 6.71 Å². The first-order chi connectivity index (χ1) is 51.2. The minimum Gasteiger partial charge on any atom is -0.311 e. The topological polar surface area (TPSA) is 9.72 Å². The van der Waals surface area contributed by atoms with Gasteiger partial charge in [-0.25, -0.2) is 0 Å². The Labute approximate surface area is 601 Å². The zero-order chi connectivity index (χ0) is 67.8. The number of nitrogens with zero attached hydrogens (tertiary/aromatic N) is 3. The normalized spacial score (nSPS) is 14.4. The van der Waals surface area contributed by atoms with Crippen molar-refractivity contribution in [3.05, 3.63) is 467 Å². The van der Waals surface area contributed by atoms with Crippen LogP contribution in [0.4, 0.5) is 51.2 Å². The first kappa shape index (κ1) is 58.9. The van der Waals surface area contributed by atoms with Gasteiger partial charge >= 0.3 is 0 Å². The molecular weight excluding hydrogens is 1240 g/mol. The molecule has 21 rings (SSSR count). The Balaban J connectivity index is 0.934. The summed E-state index contributed by atoms with van der Waals surface area (Å²) in [6, 6.07) is 151. The Hall–Kier alpha value is -13.0. The molecule has 2 aliphatic heterocycles. The molecule has 103 heavy (non-hydrogen) atoms. The third-order valence-electron chi connectivity index (χ3n) is 23.2. The maximum atomic E-state index is 2.67. The van der Waals surface area contributed by atoms with Crippen LogP contribution in [0.3, 0.4) is 0 Å². The number of rotatable bonds is 11. The van der Waals surface area contributed by atoms with E-state index >= 15 is 0 Å². The fourth-order valence-corrected chi connectivity index (χ4v) is 19.5. The molecule has 4 heteroatoms. The lowest BCUT2D eigenvalue weighted by Gasteiger charge is -2.46. The lowest BCUT2D eigenvalue weighted by molar-refractivity contribution is 0.768. The van der Waals surface area contributed by atoms with Crippen molar-refractivity contribution in [1.29, 1.82) is 0 Å². The average Bonchev–Trinajstić information content (AvgIpc) is 1.61. The van der Waals surface area contributed by atoms with Crippen LogP contribution in [0.1, 0.15) is 66.8 Å². The van der Waals surface area contributed by atoms with Gasteiger partial charge in [-0.15, -0.1) is 0 Å². The van der Waals surface area contributed by atoms with Crippen molar-refractivity contribution in [2.75, 3.05) is 14.7 Å².